The van der Waals surface area contributed by atoms with Crippen LogP contribution in [0.5, 0.6) is 0 Å². The zero-order chi connectivity index (χ0) is 22.8. The number of aryl methyl sites for hydroxylation is 1. The number of hydrogen-bond donors (Lipinski definition) is 2. The van der Waals surface area contributed by atoms with E-state index in [0.29, 0.717) is 40.1 Å². The summed E-state index contributed by atoms with van der Waals surface area (Å²) in [6, 6.07) is 19.0. The second-order valence-corrected chi connectivity index (χ2v) is 8.31. The highest BCUT2D eigenvalue weighted by atomic mass is 32.2. The number of H-pyrrole nitrogens is 1. The van der Waals surface area contributed by atoms with E-state index in [-0.39, 0.29) is 11.7 Å². The van der Waals surface area contributed by atoms with Gasteiger partial charge in [0.05, 0.1) is 22.3 Å². The summed E-state index contributed by atoms with van der Waals surface area (Å²) in [5, 5.41) is 6.83. The molecule has 0 spiro atoms. The number of hydrogen-bond acceptors (Lipinski definition) is 6. The van der Waals surface area contributed by atoms with Crippen molar-refractivity contribution in [3.05, 3.63) is 89.8 Å². The largest absolute Gasteiger partial charge is 0.340 e. The molecule has 2 aromatic heterocycles. The topological polar surface area (TPSA) is 96.7 Å². The van der Waals surface area contributed by atoms with Crippen LogP contribution in [0.4, 0.5) is 10.1 Å². The standard InChI is InChI=1S/C24H18FN5O2S/c1-14-26-22(30-32-14)13-33-21-8-3-2-7-18(21)24(31)27-17-9-10-19-20(12-17)29-23(28-19)15-5-4-6-16(25)11-15/h2-12H,13H2,1H3,(H,27,31)(H,28,29). The molecule has 0 aliphatic rings. The molecule has 0 unspecified atom stereocenters. The van der Waals surface area contributed by atoms with Crippen LogP contribution >= 0.6 is 11.8 Å². The van der Waals surface area contributed by atoms with Crippen molar-refractivity contribution >= 4 is 34.4 Å². The first-order valence-electron chi connectivity index (χ1n) is 10.1. The van der Waals surface area contributed by atoms with Gasteiger partial charge in [-0.25, -0.2) is 9.37 Å². The number of halogens is 1. The first kappa shape index (κ1) is 20.9. The van der Waals surface area contributed by atoms with Crippen LogP contribution in [0.25, 0.3) is 22.4 Å². The van der Waals surface area contributed by atoms with E-state index in [9.17, 15) is 9.18 Å². The fourth-order valence-electron chi connectivity index (χ4n) is 3.38. The molecule has 33 heavy (non-hydrogen) atoms. The maximum Gasteiger partial charge on any atom is 0.256 e. The van der Waals surface area contributed by atoms with Crippen molar-refractivity contribution in [1.29, 1.82) is 0 Å². The Morgan fingerprint density at radius 1 is 1.09 bits per heavy atom. The third-order valence-corrected chi connectivity index (χ3v) is 5.97. The lowest BCUT2D eigenvalue weighted by atomic mass is 10.2. The quantitative estimate of drug-likeness (QED) is 0.321. The molecule has 164 valence electrons. The summed E-state index contributed by atoms with van der Waals surface area (Å²) in [6.07, 6.45) is 0. The molecule has 2 heterocycles. The van der Waals surface area contributed by atoms with Gasteiger partial charge in [-0.2, -0.15) is 4.98 Å². The SMILES string of the molecule is Cc1nc(CSc2ccccc2C(=O)Nc2ccc3nc(-c4cccc(F)c4)[nH]c3c2)no1. The van der Waals surface area contributed by atoms with E-state index in [4.69, 9.17) is 4.52 Å². The number of thioether (sulfide) groups is 1. The van der Waals surface area contributed by atoms with Gasteiger partial charge in [0, 0.05) is 23.1 Å². The molecule has 3 aromatic carbocycles. The monoisotopic (exact) mass is 459 g/mol. The second-order valence-electron chi connectivity index (χ2n) is 7.30. The van der Waals surface area contributed by atoms with Crippen molar-refractivity contribution in [2.45, 2.75) is 17.6 Å². The van der Waals surface area contributed by atoms with Gasteiger partial charge in [-0.15, -0.1) is 11.8 Å². The van der Waals surface area contributed by atoms with Crippen molar-refractivity contribution in [2.75, 3.05) is 5.32 Å². The van der Waals surface area contributed by atoms with Gasteiger partial charge in [0.1, 0.15) is 11.6 Å². The number of carbonyl (C=O) groups excluding carboxylic acids is 1. The summed E-state index contributed by atoms with van der Waals surface area (Å²) in [4.78, 5) is 25.7. The Morgan fingerprint density at radius 3 is 2.79 bits per heavy atom. The van der Waals surface area contributed by atoms with Crippen LogP contribution in [0.1, 0.15) is 22.1 Å². The summed E-state index contributed by atoms with van der Waals surface area (Å²) < 4.78 is 18.6. The molecule has 0 bridgehead atoms. The summed E-state index contributed by atoms with van der Waals surface area (Å²) in [7, 11) is 0. The maximum absolute atomic E-state index is 13.6. The molecule has 7 nitrogen and oxygen atoms in total. The van der Waals surface area contributed by atoms with E-state index in [1.54, 1.807) is 37.3 Å². The summed E-state index contributed by atoms with van der Waals surface area (Å²) in [6.45, 7) is 1.74. The molecular formula is C24H18FN5O2S. The summed E-state index contributed by atoms with van der Waals surface area (Å²) in [5.74, 6) is 1.58. The Morgan fingerprint density at radius 2 is 1.97 bits per heavy atom. The van der Waals surface area contributed by atoms with Crippen LogP contribution in [0.3, 0.4) is 0 Å². The number of aromatic amines is 1. The van der Waals surface area contributed by atoms with Gasteiger partial charge >= 0.3 is 0 Å². The van der Waals surface area contributed by atoms with Crippen molar-refractivity contribution in [3.8, 4) is 11.4 Å². The second kappa shape index (κ2) is 8.87. The third-order valence-electron chi connectivity index (χ3n) is 4.90. The molecule has 1 amide bonds. The first-order chi connectivity index (χ1) is 16.0. The molecule has 5 rings (SSSR count). The predicted molar refractivity (Wildman–Crippen MR) is 124 cm³/mol. The predicted octanol–water partition coefficient (Wildman–Crippen LogP) is 5.61. The zero-order valence-corrected chi connectivity index (χ0v) is 18.3. The van der Waals surface area contributed by atoms with Crippen molar-refractivity contribution in [3.63, 3.8) is 0 Å². The molecule has 0 saturated carbocycles. The van der Waals surface area contributed by atoms with Gasteiger partial charge in [-0.1, -0.05) is 29.4 Å². The van der Waals surface area contributed by atoms with Gasteiger partial charge in [0.2, 0.25) is 5.89 Å². The van der Waals surface area contributed by atoms with Gasteiger partial charge in [-0.3, -0.25) is 4.79 Å². The molecule has 0 atom stereocenters. The minimum absolute atomic E-state index is 0.230. The molecule has 0 fully saturated rings. The molecule has 0 aliphatic heterocycles. The fraction of sp³-hybridized carbons (Fsp3) is 0.0833. The van der Waals surface area contributed by atoms with Crippen molar-refractivity contribution < 1.29 is 13.7 Å². The number of imidazole rings is 1. The lowest BCUT2D eigenvalue weighted by Crippen LogP contribution is -2.13. The molecule has 0 radical (unpaired) electrons. The number of aromatic nitrogens is 4. The minimum atomic E-state index is -0.327. The highest BCUT2D eigenvalue weighted by molar-refractivity contribution is 7.98. The Balaban J connectivity index is 1.35. The van der Waals surface area contributed by atoms with Crippen LogP contribution in [0.2, 0.25) is 0 Å². The smallest absolute Gasteiger partial charge is 0.256 e. The Bertz CT molecular complexity index is 1460. The molecule has 5 aromatic rings. The Hall–Kier alpha value is -3.98. The lowest BCUT2D eigenvalue weighted by Gasteiger charge is -2.09. The highest BCUT2D eigenvalue weighted by Gasteiger charge is 2.14. The number of amides is 1. The fourth-order valence-corrected chi connectivity index (χ4v) is 4.27. The van der Waals surface area contributed by atoms with E-state index < -0.39 is 0 Å². The third kappa shape index (κ3) is 4.63. The number of nitrogens with zero attached hydrogens (tertiary/aromatic N) is 3. The van der Waals surface area contributed by atoms with Crippen molar-refractivity contribution in [1.82, 2.24) is 20.1 Å². The van der Waals surface area contributed by atoms with Crippen LogP contribution in [-0.4, -0.2) is 26.0 Å². The summed E-state index contributed by atoms with van der Waals surface area (Å²) >= 11 is 1.46. The van der Waals surface area contributed by atoms with Crippen LogP contribution < -0.4 is 5.32 Å². The number of anilines is 1. The molecule has 0 saturated heterocycles. The average Bonchev–Trinajstić information content (AvgIpc) is 3.43. The Kier molecular flexibility index (Phi) is 5.62. The number of rotatable bonds is 6. The molecular weight excluding hydrogens is 441 g/mol. The van der Waals surface area contributed by atoms with Gasteiger partial charge in [0.25, 0.3) is 5.91 Å². The van der Waals surface area contributed by atoms with E-state index in [1.807, 2.05) is 24.3 Å². The molecule has 9 heteroatoms. The van der Waals surface area contributed by atoms with Gasteiger partial charge < -0.3 is 14.8 Å². The molecule has 2 N–H and O–H groups in total. The van der Waals surface area contributed by atoms with Crippen LogP contribution in [0.15, 0.2) is 76.1 Å². The number of fused-ring (bicyclic) bond motifs is 1. The van der Waals surface area contributed by atoms with E-state index in [0.717, 1.165) is 15.9 Å². The number of carbonyl (C=O) groups is 1. The first-order valence-corrected chi connectivity index (χ1v) is 11.1. The van der Waals surface area contributed by atoms with E-state index in [1.165, 1.54) is 23.9 Å². The number of nitrogens with one attached hydrogen (secondary N) is 2. The van der Waals surface area contributed by atoms with Gasteiger partial charge in [0.15, 0.2) is 5.82 Å². The normalized spacial score (nSPS) is 11.1. The van der Waals surface area contributed by atoms with Crippen LogP contribution in [0, 0.1) is 12.7 Å². The van der Waals surface area contributed by atoms with Crippen molar-refractivity contribution in [2.24, 2.45) is 0 Å². The number of benzene rings is 3. The summed E-state index contributed by atoms with van der Waals surface area (Å²) in [5.41, 5.74) is 3.28. The zero-order valence-electron chi connectivity index (χ0n) is 17.5. The molecule has 0 aliphatic carbocycles. The maximum atomic E-state index is 13.6. The van der Waals surface area contributed by atoms with E-state index >= 15 is 0 Å². The lowest BCUT2D eigenvalue weighted by molar-refractivity contribution is 0.102. The average molecular weight is 460 g/mol. The van der Waals surface area contributed by atoms with Gasteiger partial charge in [-0.05, 0) is 42.5 Å². The Labute approximate surface area is 192 Å². The van der Waals surface area contributed by atoms with E-state index in [2.05, 4.69) is 25.4 Å². The van der Waals surface area contributed by atoms with Crippen LogP contribution in [-0.2, 0) is 5.75 Å². The highest BCUT2D eigenvalue weighted by Crippen LogP contribution is 2.27. The minimum Gasteiger partial charge on any atom is -0.340 e.